The van der Waals surface area contributed by atoms with Crippen LogP contribution in [-0.4, -0.2) is 24.9 Å². The van der Waals surface area contributed by atoms with Crippen LogP contribution in [-0.2, 0) is 16.3 Å². The minimum atomic E-state index is -2.86. The van der Waals surface area contributed by atoms with Gasteiger partial charge in [-0.2, -0.15) is 0 Å². The fraction of sp³-hybridized carbons (Fsp3) is 0.727. The number of nitrogens with zero attached hydrogens (tertiary/aromatic N) is 1. The monoisotopic (exact) mass is 258 g/mol. The second-order valence-corrected chi connectivity index (χ2v) is 7.01. The molecular weight excluding hydrogens is 240 g/mol. The van der Waals surface area contributed by atoms with E-state index in [0.29, 0.717) is 18.1 Å². The summed E-state index contributed by atoms with van der Waals surface area (Å²) in [4.78, 5) is 4.27. The third kappa shape index (κ3) is 3.29. The van der Waals surface area contributed by atoms with E-state index in [1.54, 1.807) is 6.26 Å². The molecule has 6 heteroatoms. The number of hydrogen-bond donors (Lipinski definition) is 1. The predicted molar refractivity (Wildman–Crippen MR) is 64.2 cm³/mol. The molecule has 0 radical (unpaired) electrons. The number of hydrogen-bond acceptors (Lipinski definition) is 5. The van der Waals surface area contributed by atoms with Gasteiger partial charge in [-0.3, -0.25) is 0 Å². The van der Waals surface area contributed by atoms with E-state index in [0.717, 1.165) is 18.5 Å². The van der Waals surface area contributed by atoms with Gasteiger partial charge in [-0.25, -0.2) is 13.4 Å². The van der Waals surface area contributed by atoms with Gasteiger partial charge >= 0.3 is 0 Å². The molecule has 1 aromatic heterocycles. The minimum Gasteiger partial charge on any atom is -0.449 e. The van der Waals surface area contributed by atoms with Gasteiger partial charge < -0.3 is 10.2 Å². The molecule has 1 saturated heterocycles. The summed E-state index contributed by atoms with van der Waals surface area (Å²) in [5.74, 6) is 1.30. The van der Waals surface area contributed by atoms with E-state index in [1.165, 1.54) is 0 Å². The largest absolute Gasteiger partial charge is 0.449 e. The van der Waals surface area contributed by atoms with Gasteiger partial charge in [-0.15, -0.1) is 0 Å². The molecule has 5 nitrogen and oxygen atoms in total. The van der Waals surface area contributed by atoms with Crippen molar-refractivity contribution in [3.05, 3.63) is 17.8 Å². The maximum absolute atomic E-state index is 11.5. The van der Waals surface area contributed by atoms with Crippen molar-refractivity contribution < 1.29 is 12.8 Å². The SMILES string of the molecule is CC(N)c1coc(CC2CCCS(=O)(=O)C2)n1. The summed E-state index contributed by atoms with van der Waals surface area (Å²) in [6, 6.07) is -0.150. The standard InChI is InChI=1S/C11H18N2O3S/c1-8(12)10-6-16-11(13-10)5-9-3-2-4-17(14,15)7-9/h6,8-9H,2-5,7,12H2,1H3. The molecule has 17 heavy (non-hydrogen) atoms. The molecular formula is C11H18N2O3S. The van der Waals surface area contributed by atoms with Crippen molar-refractivity contribution in [3.63, 3.8) is 0 Å². The van der Waals surface area contributed by atoms with E-state index in [4.69, 9.17) is 10.2 Å². The average molecular weight is 258 g/mol. The van der Waals surface area contributed by atoms with Crippen LogP contribution in [0.4, 0.5) is 0 Å². The summed E-state index contributed by atoms with van der Waals surface area (Å²) in [5, 5.41) is 0. The van der Waals surface area contributed by atoms with Gasteiger partial charge in [-0.05, 0) is 25.7 Å². The van der Waals surface area contributed by atoms with Crippen LogP contribution in [0.2, 0.25) is 0 Å². The first kappa shape index (κ1) is 12.6. The molecule has 1 aliphatic rings. The fourth-order valence-electron chi connectivity index (χ4n) is 2.15. The lowest BCUT2D eigenvalue weighted by molar-refractivity contribution is 0.416. The number of rotatable bonds is 3. The zero-order valence-corrected chi connectivity index (χ0v) is 10.7. The molecule has 0 aliphatic carbocycles. The van der Waals surface area contributed by atoms with Crippen LogP contribution in [0.1, 0.15) is 37.4 Å². The molecule has 2 unspecified atom stereocenters. The maximum Gasteiger partial charge on any atom is 0.194 e. The topological polar surface area (TPSA) is 86.2 Å². The summed E-state index contributed by atoms with van der Waals surface area (Å²) in [5.41, 5.74) is 6.41. The van der Waals surface area contributed by atoms with Gasteiger partial charge in [0.15, 0.2) is 15.7 Å². The fourth-order valence-corrected chi connectivity index (χ4v) is 3.93. The van der Waals surface area contributed by atoms with E-state index >= 15 is 0 Å². The molecule has 2 atom stereocenters. The van der Waals surface area contributed by atoms with Crippen LogP contribution in [0.15, 0.2) is 10.7 Å². The van der Waals surface area contributed by atoms with Crippen LogP contribution in [0.25, 0.3) is 0 Å². The third-order valence-electron chi connectivity index (χ3n) is 3.06. The van der Waals surface area contributed by atoms with Crippen molar-refractivity contribution in [2.45, 2.75) is 32.2 Å². The van der Waals surface area contributed by atoms with Crippen LogP contribution in [0.5, 0.6) is 0 Å². The lowest BCUT2D eigenvalue weighted by atomic mass is 10.0. The van der Waals surface area contributed by atoms with Gasteiger partial charge in [0.1, 0.15) is 6.26 Å². The molecule has 0 aromatic carbocycles. The summed E-state index contributed by atoms with van der Waals surface area (Å²) >= 11 is 0. The quantitative estimate of drug-likeness (QED) is 0.876. The molecule has 0 bridgehead atoms. The zero-order valence-electron chi connectivity index (χ0n) is 9.93. The molecule has 0 amide bonds. The normalized spacial score (nSPS) is 25.6. The van der Waals surface area contributed by atoms with E-state index in [-0.39, 0.29) is 17.7 Å². The molecule has 0 saturated carbocycles. The molecule has 0 spiro atoms. The zero-order chi connectivity index (χ0) is 12.5. The van der Waals surface area contributed by atoms with Crippen molar-refractivity contribution in [1.29, 1.82) is 0 Å². The summed E-state index contributed by atoms with van der Waals surface area (Å²) < 4.78 is 28.3. The molecule has 1 aliphatic heterocycles. The number of oxazole rings is 1. The Hall–Kier alpha value is -0.880. The highest BCUT2D eigenvalue weighted by molar-refractivity contribution is 7.91. The molecule has 1 aromatic rings. The highest BCUT2D eigenvalue weighted by atomic mass is 32.2. The first-order valence-corrected chi connectivity index (χ1v) is 7.69. The highest BCUT2D eigenvalue weighted by Crippen LogP contribution is 2.22. The molecule has 2 N–H and O–H groups in total. The van der Waals surface area contributed by atoms with Crippen LogP contribution in [0.3, 0.4) is 0 Å². The second kappa shape index (κ2) is 4.78. The Morgan fingerprint density at radius 2 is 2.41 bits per heavy atom. The number of nitrogens with two attached hydrogens (primary N) is 1. The van der Waals surface area contributed by atoms with Crippen LogP contribution >= 0.6 is 0 Å². The van der Waals surface area contributed by atoms with Crippen molar-refractivity contribution in [2.24, 2.45) is 11.7 Å². The van der Waals surface area contributed by atoms with Crippen molar-refractivity contribution in [3.8, 4) is 0 Å². The van der Waals surface area contributed by atoms with E-state index in [9.17, 15) is 8.42 Å². The first-order chi connectivity index (χ1) is 7.96. The highest BCUT2D eigenvalue weighted by Gasteiger charge is 2.26. The number of aromatic nitrogens is 1. The summed E-state index contributed by atoms with van der Waals surface area (Å²) in [6.45, 7) is 1.84. The minimum absolute atomic E-state index is 0.133. The Labute approximate surface area is 101 Å². The van der Waals surface area contributed by atoms with Gasteiger partial charge in [0.2, 0.25) is 0 Å². The molecule has 2 rings (SSSR count). The smallest absolute Gasteiger partial charge is 0.194 e. The van der Waals surface area contributed by atoms with Crippen molar-refractivity contribution >= 4 is 9.84 Å². The van der Waals surface area contributed by atoms with E-state index in [1.807, 2.05) is 6.92 Å². The Balaban J connectivity index is 2.00. The molecule has 96 valence electrons. The van der Waals surface area contributed by atoms with Gasteiger partial charge in [0.05, 0.1) is 17.2 Å². The van der Waals surface area contributed by atoms with Crippen molar-refractivity contribution in [2.75, 3.05) is 11.5 Å². The third-order valence-corrected chi connectivity index (χ3v) is 4.95. The first-order valence-electron chi connectivity index (χ1n) is 5.86. The Morgan fingerprint density at radius 1 is 1.65 bits per heavy atom. The van der Waals surface area contributed by atoms with E-state index in [2.05, 4.69) is 4.98 Å². The lowest BCUT2D eigenvalue weighted by Gasteiger charge is -2.20. The summed E-state index contributed by atoms with van der Waals surface area (Å²) in [7, 11) is -2.86. The average Bonchev–Trinajstić information content (AvgIpc) is 2.64. The summed E-state index contributed by atoms with van der Waals surface area (Å²) in [6.07, 6.45) is 3.81. The lowest BCUT2D eigenvalue weighted by Crippen LogP contribution is -2.26. The van der Waals surface area contributed by atoms with Gasteiger partial charge in [-0.1, -0.05) is 0 Å². The Morgan fingerprint density at radius 3 is 3.00 bits per heavy atom. The van der Waals surface area contributed by atoms with Crippen LogP contribution < -0.4 is 5.73 Å². The molecule has 1 fully saturated rings. The van der Waals surface area contributed by atoms with Crippen molar-refractivity contribution in [1.82, 2.24) is 4.98 Å². The Kier molecular flexibility index (Phi) is 3.53. The van der Waals surface area contributed by atoms with E-state index < -0.39 is 9.84 Å². The predicted octanol–water partition coefficient (Wildman–Crippen LogP) is 1.06. The van der Waals surface area contributed by atoms with Crippen LogP contribution in [0, 0.1) is 5.92 Å². The maximum atomic E-state index is 11.5. The second-order valence-electron chi connectivity index (χ2n) is 4.78. The number of sulfone groups is 1. The van der Waals surface area contributed by atoms with Gasteiger partial charge in [0.25, 0.3) is 0 Å². The molecule has 2 heterocycles. The van der Waals surface area contributed by atoms with Gasteiger partial charge in [0, 0.05) is 12.5 Å². The Bertz CT molecular complexity index is 479.